The molecule has 1 fully saturated rings. The van der Waals surface area contributed by atoms with Crippen LogP contribution in [0.5, 0.6) is 0 Å². The van der Waals surface area contributed by atoms with Gasteiger partial charge in [0, 0.05) is 13.2 Å². The molecular formula is C15H32NOP. The van der Waals surface area contributed by atoms with E-state index in [-0.39, 0.29) is 0 Å². The predicted octanol–water partition coefficient (Wildman–Crippen LogP) is 4.50. The highest BCUT2D eigenvalue weighted by Crippen LogP contribution is 2.43. The molecule has 1 rings (SSSR count). The van der Waals surface area contributed by atoms with Crippen molar-refractivity contribution in [1.29, 1.82) is 0 Å². The van der Waals surface area contributed by atoms with E-state index in [1.54, 1.807) is 7.11 Å². The largest absolute Gasteiger partial charge is 0.379 e. The number of methoxy groups -OCH3 is 1. The van der Waals surface area contributed by atoms with E-state index < -0.39 is 0 Å². The van der Waals surface area contributed by atoms with Gasteiger partial charge in [-0.05, 0) is 59.2 Å². The Morgan fingerprint density at radius 2 is 1.83 bits per heavy atom. The number of ether oxygens (including phenoxy) is 1. The molecular weight excluding hydrogens is 241 g/mol. The molecule has 18 heavy (non-hydrogen) atoms. The second-order valence-electron chi connectivity index (χ2n) is 6.45. The van der Waals surface area contributed by atoms with Gasteiger partial charge in [0.25, 0.3) is 0 Å². The summed E-state index contributed by atoms with van der Waals surface area (Å²) in [6.45, 7) is 7.25. The Balaban J connectivity index is 2.36. The Labute approximate surface area is 116 Å². The van der Waals surface area contributed by atoms with E-state index in [0.717, 1.165) is 27.0 Å². The van der Waals surface area contributed by atoms with Crippen molar-refractivity contribution >= 4 is 8.73 Å². The van der Waals surface area contributed by atoms with Gasteiger partial charge in [0.1, 0.15) is 0 Å². The van der Waals surface area contributed by atoms with Crippen molar-refractivity contribution in [3.8, 4) is 0 Å². The standard InChI is InChI=1S/C15H32NOP/c1-6-11-15(2,3)13-7-9-14(10-8-13)16(4)18-12-17-5/h13-14,18H,6-12H2,1-5H3. The van der Waals surface area contributed by atoms with Gasteiger partial charge in [-0.2, -0.15) is 0 Å². The lowest BCUT2D eigenvalue weighted by Gasteiger charge is -2.41. The van der Waals surface area contributed by atoms with Crippen LogP contribution >= 0.6 is 8.73 Å². The first-order valence-corrected chi connectivity index (χ1v) is 8.62. The van der Waals surface area contributed by atoms with Crippen LogP contribution in [-0.4, -0.2) is 31.2 Å². The van der Waals surface area contributed by atoms with Crippen LogP contribution in [0.4, 0.5) is 0 Å². The van der Waals surface area contributed by atoms with Gasteiger partial charge in [-0.3, -0.25) is 4.67 Å². The monoisotopic (exact) mass is 273 g/mol. The van der Waals surface area contributed by atoms with Crippen molar-refractivity contribution in [3.63, 3.8) is 0 Å². The van der Waals surface area contributed by atoms with E-state index in [4.69, 9.17) is 4.74 Å². The molecule has 0 spiro atoms. The molecule has 1 unspecified atom stereocenters. The van der Waals surface area contributed by atoms with Crippen molar-refractivity contribution in [2.75, 3.05) is 20.5 Å². The van der Waals surface area contributed by atoms with Crippen LogP contribution in [0, 0.1) is 11.3 Å². The Bertz CT molecular complexity index is 225. The van der Waals surface area contributed by atoms with Crippen LogP contribution in [0.2, 0.25) is 0 Å². The fraction of sp³-hybridized carbons (Fsp3) is 1.00. The summed E-state index contributed by atoms with van der Waals surface area (Å²) >= 11 is 0. The summed E-state index contributed by atoms with van der Waals surface area (Å²) in [6.07, 6.45) is 9.18. The van der Waals surface area contributed by atoms with Gasteiger partial charge in [-0.25, -0.2) is 0 Å². The topological polar surface area (TPSA) is 12.5 Å². The van der Waals surface area contributed by atoms with Crippen molar-refractivity contribution in [2.45, 2.75) is 65.3 Å². The molecule has 0 heterocycles. The summed E-state index contributed by atoms with van der Waals surface area (Å²) in [5, 5.41) is 0. The van der Waals surface area contributed by atoms with Crippen LogP contribution in [0.1, 0.15) is 59.3 Å². The molecule has 0 bridgehead atoms. The molecule has 0 saturated heterocycles. The zero-order chi connectivity index (χ0) is 13.6. The van der Waals surface area contributed by atoms with Gasteiger partial charge < -0.3 is 4.74 Å². The maximum atomic E-state index is 5.18. The second kappa shape index (κ2) is 7.82. The third-order valence-corrected chi connectivity index (χ3v) is 5.98. The lowest BCUT2D eigenvalue weighted by Crippen LogP contribution is -2.35. The first kappa shape index (κ1) is 16.4. The van der Waals surface area contributed by atoms with Crippen molar-refractivity contribution < 1.29 is 4.74 Å². The molecule has 1 aliphatic rings. The third kappa shape index (κ3) is 4.79. The highest BCUT2D eigenvalue weighted by Gasteiger charge is 2.33. The summed E-state index contributed by atoms with van der Waals surface area (Å²) < 4.78 is 7.70. The Morgan fingerprint density at radius 1 is 1.22 bits per heavy atom. The summed E-state index contributed by atoms with van der Waals surface area (Å²) in [5.41, 5.74) is 0.549. The van der Waals surface area contributed by atoms with Crippen LogP contribution in [0.25, 0.3) is 0 Å². The van der Waals surface area contributed by atoms with Gasteiger partial charge in [-0.15, -0.1) is 0 Å². The molecule has 1 saturated carbocycles. The highest BCUT2D eigenvalue weighted by atomic mass is 31.1. The first-order valence-electron chi connectivity index (χ1n) is 7.46. The van der Waals surface area contributed by atoms with Gasteiger partial charge in [0.05, 0.1) is 6.35 Å². The Morgan fingerprint density at radius 3 is 2.33 bits per heavy atom. The Kier molecular flexibility index (Phi) is 7.13. The van der Waals surface area contributed by atoms with Gasteiger partial charge >= 0.3 is 0 Å². The fourth-order valence-electron chi connectivity index (χ4n) is 3.39. The number of hydrogen-bond donors (Lipinski definition) is 0. The third-order valence-electron chi connectivity index (χ3n) is 4.70. The lowest BCUT2D eigenvalue weighted by molar-refractivity contribution is 0.118. The molecule has 108 valence electrons. The van der Waals surface area contributed by atoms with E-state index >= 15 is 0 Å². The molecule has 0 aromatic carbocycles. The zero-order valence-electron chi connectivity index (χ0n) is 13.0. The smallest absolute Gasteiger partial charge is 0.0764 e. The quantitative estimate of drug-likeness (QED) is 0.633. The normalized spacial score (nSPS) is 26.3. The molecule has 2 nitrogen and oxygen atoms in total. The van der Waals surface area contributed by atoms with Crippen molar-refractivity contribution in [1.82, 2.24) is 4.67 Å². The van der Waals surface area contributed by atoms with E-state index in [9.17, 15) is 0 Å². The zero-order valence-corrected chi connectivity index (χ0v) is 14.0. The minimum absolute atomic E-state index is 0.549. The minimum Gasteiger partial charge on any atom is -0.379 e. The van der Waals surface area contributed by atoms with E-state index in [2.05, 4.69) is 32.5 Å². The summed E-state index contributed by atoms with van der Waals surface area (Å²) in [7, 11) is 4.89. The lowest BCUT2D eigenvalue weighted by atomic mass is 9.68. The maximum absolute atomic E-state index is 5.18. The van der Waals surface area contributed by atoms with E-state index in [0.29, 0.717) is 5.41 Å². The molecule has 0 amide bonds. The number of nitrogens with zero attached hydrogens (tertiary/aromatic N) is 1. The van der Waals surface area contributed by atoms with Crippen LogP contribution in [-0.2, 0) is 4.74 Å². The number of hydrogen-bond acceptors (Lipinski definition) is 2. The fourth-order valence-corrected chi connectivity index (χ4v) is 4.24. The second-order valence-corrected chi connectivity index (χ2v) is 7.76. The molecule has 1 aliphatic carbocycles. The van der Waals surface area contributed by atoms with Crippen molar-refractivity contribution in [3.05, 3.63) is 0 Å². The SMILES string of the molecule is CCCC(C)(C)C1CCC(N(C)PCOC)CC1. The Hall–Kier alpha value is 0.350. The van der Waals surface area contributed by atoms with Gasteiger partial charge in [0.2, 0.25) is 0 Å². The molecule has 0 aromatic heterocycles. The van der Waals surface area contributed by atoms with Gasteiger partial charge in [0.15, 0.2) is 0 Å². The van der Waals surface area contributed by atoms with Crippen LogP contribution < -0.4 is 0 Å². The number of rotatable bonds is 7. The molecule has 0 aromatic rings. The van der Waals surface area contributed by atoms with Crippen LogP contribution in [0.15, 0.2) is 0 Å². The molecule has 0 radical (unpaired) electrons. The molecule has 0 N–H and O–H groups in total. The molecule has 3 heteroatoms. The summed E-state index contributed by atoms with van der Waals surface area (Å²) in [6, 6.07) is 0.798. The van der Waals surface area contributed by atoms with Crippen LogP contribution in [0.3, 0.4) is 0 Å². The van der Waals surface area contributed by atoms with E-state index in [1.165, 1.54) is 38.5 Å². The minimum atomic E-state index is 0.549. The van der Waals surface area contributed by atoms with Gasteiger partial charge in [-0.1, -0.05) is 27.2 Å². The molecule has 1 atom stereocenters. The average Bonchev–Trinajstić information content (AvgIpc) is 2.36. The predicted molar refractivity (Wildman–Crippen MR) is 82.4 cm³/mol. The summed E-state index contributed by atoms with van der Waals surface area (Å²) in [4.78, 5) is 0. The first-order chi connectivity index (χ1) is 8.51. The average molecular weight is 273 g/mol. The molecule has 0 aliphatic heterocycles. The van der Waals surface area contributed by atoms with Crippen molar-refractivity contribution in [2.24, 2.45) is 11.3 Å². The van der Waals surface area contributed by atoms with E-state index in [1.807, 2.05) is 0 Å². The highest BCUT2D eigenvalue weighted by molar-refractivity contribution is 7.34. The summed E-state index contributed by atoms with van der Waals surface area (Å²) in [5.74, 6) is 0.938. The maximum Gasteiger partial charge on any atom is 0.0764 e.